The van der Waals surface area contributed by atoms with Gasteiger partial charge in [-0.3, -0.25) is 0 Å². The lowest BCUT2D eigenvalue weighted by atomic mass is 9.76. The molecule has 1 nitrogen and oxygen atoms in total. The number of hydrogen-bond donors (Lipinski definition) is 0. The third-order valence-electron chi connectivity index (χ3n) is 4.84. The number of rotatable bonds is 1. The van der Waals surface area contributed by atoms with Gasteiger partial charge in [-0.1, -0.05) is 50.1 Å². The molecule has 1 aliphatic heterocycles. The highest BCUT2D eigenvalue weighted by Crippen LogP contribution is 2.36. The Bertz CT molecular complexity index is 269. The SMILES string of the molecule is BC1CCCCC2C(=S)N(CC)CCC2CC1. The highest BCUT2D eigenvalue weighted by molar-refractivity contribution is 7.80. The van der Waals surface area contributed by atoms with Crippen LogP contribution in [-0.4, -0.2) is 30.8 Å². The molecule has 1 heterocycles. The molecule has 0 aromatic heterocycles. The highest BCUT2D eigenvalue weighted by Gasteiger charge is 2.32. The van der Waals surface area contributed by atoms with Crippen molar-refractivity contribution in [3.05, 3.63) is 0 Å². The molecule has 3 unspecified atom stereocenters. The minimum absolute atomic E-state index is 0.726. The smallest absolute Gasteiger partial charge is 0.105 e. The van der Waals surface area contributed by atoms with Gasteiger partial charge in [-0.2, -0.15) is 0 Å². The second-order valence-corrected chi connectivity index (χ2v) is 6.46. The number of likely N-dealkylation sites (tertiary alicyclic amines) is 1. The summed E-state index contributed by atoms with van der Waals surface area (Å²) in [6.07, 6.45) is 9.82. The van der Waals surface area contributed by atoms with Crippen molar-refractivity contribution in [2.24, 2.45) is 11.8 Å². The summed E-state index contributed by atoms with van der Waals surface area (Å²) in [6, 6.07) is 0. The van der Waals surface area contributed by atoms with Gasteiger partial charge in [0.15, 0.2) is 0 Å². The van der Waals surface area contributed by atoms with Crippen molar-refractivity contribution in [3.63, 3.8) is 0 Å². The zero-order valence-electron chi connectivity index (χ0n) is 11.5. The van der Waals surface area contributed by atoms with Gasteiger partial charge in [0.25, 0.3) is 0 Å². The Hall–Kier alpha value is -0.0451. The van der Waals surface area contributed by atoms with E-state index in [4.69, 9.17) is 12.2 Å². The van der Waals surface area contributed by atoms with E-state index in [2.05, 4.69) is 19.7 Å². The second-order valence-electron chi connectivity index (χ2n) is 6.04. The quantitative estimate of drug-likeness (QED) is 0.520. The van der Waals surface area contributed by atoms with Gasteiger partial charge in [0.05, 0.1) is 4.99 Å². The molecule has 17 heavy (non-hydrogen) atoms. The molecule has 2 rings (SSSR count). The van der Waals surface area contributed by atoms with Gasteiger partial charge in [0.2, 0.25) is 0 Å². The molecule has 0 amide bonds. The maximum absolute atomic E-state index is 5.73. The summed E-state index contributed by atoms with van der Waals surface area (Å²) < 4.78 is 0. The molecule has 1 saturated carbocycles. The Kier molecular flexibility index (Phi) is 4.90. The summed E-state index contributed by atoms with van der Waals surface area (Å²) in [5, 5.41) is 0. The summed E-state index contributed by atoms with van der Waals surface area (Å²) >= 11 is 5.73. The Balaban J connectivity index is 2.03. The van der Waals surface area contributed by atoms with Gasteiger partial charge in [-0.25, -0.2) is 0 Å². The first-order valence-electron chi connectivity index (χ1n) is 7.51. The lowest BCUT2D eigenvalue weighted by Gasteiger charge is -2.40. The molecule has 2 fully saturated rings. The first-order valence-corrected chi connectivity index (χ1v) is 7.92. The van der Waals surface area contributed by atoms with E-state index in [0.29, 0.717) is 0 Å². The van der Waals surface area contributed by atoms with Crippen LogP contribution in [0, 0.1) is 11.8 Å². The Morgan fingerprint density at radius 2 is 1.94 bits per heavy atom. The predicted octanol–water partition coefficient (Wildman–Crippen LogP) is 3.05. The molecule has 0 aromatic rings. The molecule has 0 radical (unpaired) electrons. The molecule has 2 aliphatic rings. The Labute approximate surface area is 113 Å². The molecule has 0 spiro atoms. The van der Waals surface area contributed by atoms with Crippen molar-refractivity contribution in [2.45, 2.75) is 57.7 Å². The van der Waals surface area contributed by atoms with E-state index in [9.17, 15) is 0 Å². The van der Waals surface area contributed by atoms with E-state index in [1.165, 1.54) is 56.5 Å². The van der Waals surface area contributed by atoms with E-state index >= 15 is 0 Å². The summed E-state index contributed by atoms with van der Waals surface area (Å²) in [5.74, 6) is 2.56. The van der Waals surface area contributed by atoms with Crippen LogP contribution in [0.4, 0.5) is 0 Å². The molecule has 3 heteroatoms. The van der Waals surface area contributed by atoms with Gasteiger partial charge in [-0.15, -0.1) is 0 Å². The summed E-state index contributed by atoms with van der Waals surface area (Å²) in [4.78, 5) is 3.73. The number of hydrogen-bond acceptors (Lipinski definition) is 1. The Morgan fingerprint density at radius 1 is 1.18 bits per heavy atom. The average Bonchev–Trinajstić information content (AvgIpc) is 2.42. The van der Waals surface area contributed by atoms with E-state index in [-0.39, 0.29) is 0 Å². The molecule has 0 bridgehead atoms. The van der Waals surface area contributed by atoms with Gasteiger partial charge >= 0.3 is 0 Å². The van der Waals surface area contributed by atoms with E-state index < -0.39 is 0 Å². The van der Waals surface area contributed by atoms with Gasteiger partial charge < -0.3 is 4.90 Å². The zero-order chi connectivity index (χ0) is 12.3. The molecule has 1 saturated heterocycles. The van der Waals surface area contributed by atoms with Crippen molar-refractivity contribution in [1.29, 1.82) is 0 Å². The fraction of sp³-hybridized carbons (Fsp3) is 0.929. The van der Waals surface area contributed by atoms with Crippen molar-refractivity contribution in [1.82, 2.24) is 4.90 Å². The van der Waals surface area contributed by atoms with Crippen molar-refractivity contribution in [2.75, 3.05) is 13.1 Å². The fourth-order valence-electron chi connectivity index (χ4n) is 3.59. The minimum atomic E-state index is 0.726. The molecular weight excluding hydrogens is 225 g/mol. The lowest BCUT2D eigenvalue weighted by Crippen LogP contribution is -2.44. The largest absolute Gasteiger partial charge is 0.366 e. The van der Waals surface area contributed by atoms with Gasteiger partial charge in [-0.05, 0) is 25.7 Å². The van der Waals surface area contributed by atoms with Crippen LogP contribution in [0.25, 0.3) is 0 Å². The van der Waals surface area contributed by atoms with Gasteiger partial charge in [0.1, 0.15) is 7.85 Å². The lowest BCUT2D eigenvalue weighted by molar-refractivity contribution is 0.244. The van der Waals surface area contributed by atoms with E-state index in [0.717, 1.165) is 24.2 Å². The van der Waals surface area contributed by atoms with E-state index in [1.54, 1.807) is 0 Å². The minimum Gasteiger partial charge on any atom is -0.366 e. The van der Waals surface area contributed by atoms with Crippen LogP contribution in [0.5, 0.6) is 0 Å². The van der Waals surface area contributed by atoms with Crippen LogP contribution >= 0.6 is 12.2 Å². The summed E-state index contributed by atoms with van der Waals surface area (Å²) in [7, 11) is 2.43. The second kappa shape index (κ2) is 6.22. The normalized spacial score (nSPS) is 35.7. The third kappa shape index (κ3) is 3.24. The average molecular weight is 251 g/mol. The van der Waals surface area contributed by atoms with Crippen molar-refractivity contribution in [3.8, 4) is 0 Å². The first kappa shape index (κ1) is 13.4. The maximum Gasteiger partial charge on any atom is 0.105 e. The molecule has 0 N–H and O–H groups in total. The summed E-state index contributed by atoms with van der Waals surface area (Å²) in [6.45, 7) is 4.56. The first-order chi connectivity index (χ1) is 8.22. The Morgan fingerprint density at radius 3 is 2.71 bits per heavy atom. The zero-order valence-corrected chi connectivity index (χ0v) is 12.3. The van der Waals surface area contributed by atoms with E-state index in [1.807, 2.05) is 0 Å². The monoisotopic (exact) mass is 251 g/mol. The maximum atomic E-state index is 5.73. The van der Waals surface area contributed by atoms with Crippen LogP contribution in [0.2, 0.25) is 5.82 Å². The topological polar surface area (TPSA) is 3.24 Å². The van der Waals surface area contributed by atoms with Crippen LogP contribution in [0.15, 0.2) is 0 Å². The van der Waals surface area contributed by atoms with Gasteiger partial charge in [0, 0.05) is 19.0 Å². The van der Waals surface area contributed by atoms with Crippen LogP contribution in [-0.2, 0) is 0 Å². The molecule has 0 aromatic carbocycles. The van der Waals surface area contributed by atoms with Crippen molar-refractivity contribution < 1.29 is 0 Å². The number of nitrogens with zero attached hydrogens (tertiary/aromatic N) is 1. The van der Waals surface area contributed by atoms with Crippen LogP contribution in [0.3, 0.4) is 0 Å². The fourth-order valence-corrected chi connectivity index (χ4v) is 4.12. The molecule has 1 aliphatic carbocycles. The number of thiocarbonyl (C=S) groups is 1. The predicted molar refractivity (Wildman–Crippen MR) is 81.4 cm³/mol. The molecule has 96 valence electrons. The summed E-state index contributed by atoms with van der Waals surface area (Å²) in [5.41, 5.74) is 0. The van der Waals surface area contributed by atoms with Crippen molar-refractivity contribution >= 4 is 25.1 Å². The third-order valence-corrected chi connectivity index (χ3v) is 5.40. The molecule has 3 atom stereocenters. The van der Waals surface area contributed by atoms with Crippen LogP contribution < -0.4 is 0 Å². The molecular formula is C14H26BNS. The number of fused-ring (bicyclic) bond motifs is 1. The number of piperidine rings is 1. The highest BCUT2D eigenvalue weighted by atomic mass is 32.1. The van der Waals surface area contributed by atoms with Crippen LogP contribution in [0.1, 0.15) is 51.9 Å². The standard InChI is InChI=1S/C14H26BNS/c1-2-16-10-9-11-7-8-12(15)5-3-4-6-13(11)14(16)17/h11-13H,2-10,15H2,1H3.